The Balaban J connectivity index is 1.60. The predicted octanol–water partition coefficient (Wildman–Crippen LogP) is 3.24. The maximum absolute atomic E-state index is 5.45. The topological polar surface area (TPSA) is 12.5 Å². The quantitative estimate of drug-likeness (QED) is 0.584. The molecular weight excluding hydrogens is 172 g/mol. The molecule has 2 aliphatic carbocycles. The third-order valence-electron chi connectivity index (χ3n) is 4.80. The monoisotopic (exact) mass is 194 g/mol. The molecule has 2 saturated carbocycles. The van der Waals surface area contributed by atoms with Gasteiger partial charge >= 0.3 is 0 Å². The first-order valence-electron chi connectivity index (χ1n) is 6.44. The molecule has 1 aliphatic heterocycles. The van der Waals surface area contributed by atoms with E-state index in [0.29, 0.717) is 6.10 Å². The Morgan fingerprint density at radius 1 is 0.857 bits per heavy atom. The molecule has 1 heterocycles. The van der Waals surface area contributed by atoms with Gasteiger partial charge in [0, 0.05) is 0 Å². The Bertz CT molecular complexity index is 209. The number of rotatable bonds is 1. The fraction of sp³-hybridized carbons (Fsp3) is 1.00. The summed E-state index contributed by atoms with van der Waals surface area (Å²) in [7, 11) is 0. The maximum atomic E-state index is 5.45. The molecule has 14 heavy (non-hydrogen) atoms. The van der Waals surface area contributed by atoms with Gasteiger partial charge in [0.2, 0.25) is 0 Å². The molecule has 1 heteroatoms. The Morgan fingerprint density at radius 2 is 1.50 bits per heavy atom. The van der Waals surface area contributed by atoms with Crippen LogP contribution in [0.1, 0.15) is 45.4 Å². The Morgan fingerprint density at radius 3 is 2.29 bits per heavy atom. The SMILES string of the molecule is CC1CCC2C[C@@H](C3CO3)CCC2C1. The lowest BCUT2D eigenvalue weighted by atomic mass is 9.65. The molecule has 3 fully saturated rings. The van der Waals surface area contributed by atoms with E-state index in [4.69, 9.17) is 4.74 Å². The Labute approximate surface area is 87.2 Å². The van der Waals surface area contributed by atoms with E-state index in [-0.39, 0.29) is 0 Å². The number of epoxide rings is 1. The van der Waals surface area contributed by atoms with Gasteiger partial charge in [-0.3, -0.25) is 0 Å². The van der Waals surface area contributed by atoms with E-state index in [1.54, 1.807) is 0 Å². The van der Waals surface area contributed by atoms with Crippen LogP contribution in [0.3, 0.4) is 0 Å². The minimum atomic E-state index is 0.676. The normalized spacial score (nSPS) is 52.5. The maximum Gasteiger partial charge on any atom is 0.0838 e. The molecule has 0 N–H and O–H groups in total. The smallest absolute Gasteiger partial charge is 0.0838 e. The van der Waals surface area contributed by atoms with E-state index in [1.807, 2.05) is 0 Å². The molecule has 0 aromatic heterocycles. The molecule has 1 saturated heterocycles. The summed E-state index contributed by atoms with van der Waals surface area (Å²) in [6, 6.07) is 0. The van der Waals surface area contributed by atoms with E-state index in [0.717, 1.165) is 30.3 Å². The van der Waals surface area contributed by atoms with Crippen molar-refractivity contribution < 1.29 is 4.74 Å². The van der Waals surface area contributed by atoms with Crippen LogP contribution in [0.15, 0.2) is 0 Å². The first-order chi connectivity index (χ1) is 6.83. The van der Waals surface area contributed by atoms with Crippen molar-refractivity contribution in [3.8, 4) is 0 Å². The highest BCUT2D eigenvalue weighted by molar-refractivity contribution is 4.90. The van der Waals surface area contributed by atoms with Crippen LogP contribution in [0.4, 0.5) is 0 Å². The van der Waals surface area contributed by atoms with Crippen LogP contribution in [-0.2, 0) is 4.74 Å². The fourth-order valence-corrected chi connectivity index (χ4v) is 3.83. The van der Waals surface area contributed by atoms with Crippen LogP contribution in [0.25, 0.3) is 0 Å². The Kier molecular flexibility index (Phi) is 2.31. The summed E-state index contributed by atoms with van der Waals surface area (Å²) in [5.41, 5.74) is 0. The molecule has 0 radical (unpaired) electrons. The molecule has 3 aliphatic rings. The minimum absolute atomic E-state index is 0.676. The van der Waals surface area contributed by atoms with E-state index in [1.165, 1.54) is 38.5 Å². The second-order valence-electron chi connectivity index (χ2n) is 5.88. The summed E-state index contributed by atoms with van der Waals surface area (Å²) >= 11 is 0. The molecule has 1 nitrogen and oxygen atoms in total. The summed E-state index contributed by atoms with van der Waals surface area (Å²) in [5.74, 6) is 4.08. The zero-order valence-electron chi connectivity index (χ0n) is 9.24. The third-order valence-corrected chi connectivity index (χ3v) is 4.80. The van der Waals surface area contributed by atoms with Crippen LogP contribution in [0.5, 0.6) is 0 Å². The zero-order valence-corrected chi connectivity index (χ0v) is 9.24. The molecule has 0 aromatic rings. The molecule has 3 rings (SSSR count). The average Bonchev–Trinajstić information content (AvgIpc) is 3.00. The summed E-state index contributed by atoms with van der Waals surface area (Å²) in [6.45, 7) is 3.50. The van der Waals surface area contributed by atoms with Crippen LogP contribution in [-0.4, -0.2) is 12.7 Å². The van der Waals surface area contributed by atoms with Crippen molar-refractivity contribution >= 4 is 0 Å². The van der Waals surface area contributed by atoms with Crippen LogP contribution in [0, 0.1) is 23.7 Å². The summed E-state index contributed by atoms with van der Waals surface area (Å²) < 4.78 is 5.45. The van der Waals surface area contributed by atoms with Gasteiger partial charge < -0.3 is 4.74 Å². The highest BCUT2D eigenvalue weighted by atomic mass is 16.6. The number of hydrogen-bond acceptors (Lipinski definition) is 1. The summed E-state index contributed by atoms with van der Waals surface area (Å²) in [6.07, 6.45) is 9.63. The van der Waals surface area contributed by atoms with Gasteiger partial charge in [0.25, 0.3) is 0 Å². The van der Waals surface area contributed by atoms with Gasteiger partial charge in [-0.05, 0) is 55.8 Å². The molecule has 0 aromatic carbocycles. The summed E-state index contributed by atoms with van der Waals surface area (Å²) in [4.78, 5) is 0. The van der Waals surface area contributed by atoms with E-state index >= 15 is 0 Å². The highest BCUT2D eigenvalue weighted by Crippen LogP contribution is 2.46. The van der Waals surface area contributed by atoms with Crippen molar-refractivity contribution in [2.45, 2.75) is 51.6 Å². The van der Waals surface area contributed by atoms with Crippen molar-refractivity contribution in [2.75, 3.05) is 6.61 Å². The van der Waals surface area contributed by atoms with Crippen molar-refractivity contribution in [3.05, 3.63) is 0 Å². The lowest BCUT2D eigenvalue weighted by molar-refractivity contribution is 0.0916. The van der Waals surface area contributed by atoms with Gasteiger partial charge in [0.1, 0.15) is 0 Å². The van der Waals surface area contributed by atoms with Crippen LogP contribution in [0.2, 0.25) is 0 Å². The Hall–Kier alpha value is -0.0400. The lowest BCUT2D eigenvalue weighted by Gasteiger charge is -2.41. The van der Waals surface area contributed by atoms with Gasteiger partial charge in [-0.25, -0.2) is 0 Å². The second kappa shape index (κ2) is 3.52. The second-order valence-corrected chi connectivity index (χ2v) is 5.88. The van der Waals surface area contributed by atoms with Gasteiger partial charge in [0.05, 0.1) is 12.7 Å². The van der Waals surface area contributed by atoms with Gasteiger partial charge in [-0.1, -0.05) is 13.3 Å². The summed E-state index contributed by atoms with van der Waals surface area (Å²) in [5, 5.41) is 0. The lowest BCUT2D eigenvalue weighted by Crippen LogP contribution is -2.32. The molecule has 80 valence electrons. The molecular formula is C13H22O. The van der Waals surface area contributed by atoms with Crippen LogP contribution >= 0.6 is 0 Å². The van der Waals surface area contributed by atoms with E-state index in [9.17, 15) is 0 Å². The first-order valence-corrected chi connectivity index (χ1v) is 6.44. The molecule has 0 spiro atoms. The molecule has 5 atom stereocenters. The molecule has 0 amide bonds. The number of fused-ring (bicyclic) bond motifs is 1. The largest absolute Gasteiger partial charge is 0.373 e. The molecule has 0 bridgehead atoms. The number of hydrogen-bond donors (Lipinski definition) is 0. The average molecular weight is 194 g/mol. The first kappa shape index (κ1) is 9.21. The fourth-order valence-electron chi connectivity index (χ4n) is 3.83. The van der Waals surface area contributed by atoms with Crippen molar-refractivity contribution in [3.63, 3.8) is 0 Å². The standard InChI is InChI=1S/C13H22O/c1-9-2-3-11-7-12(13-8-14-13)5-4-10(11)6-9/h9-13H,2-8H2,1H3/t9?,10?,11?,12-,13?/m0/s1. The van der Waals surface area contributed by atoms with Crippen molar-refractivity contribution in [1.29, 1.82) is 0 Å². The van der Waals surface area contributed by atoms with Crippen molar-refractivity contribution in [1.82, 2.24) is 0 Å². The minimum Gasteiger partial charge on any atom is -0.373 e. The molecule has 4 unspecified atom stereocenters. The van der Waals surface area contributed by atoms with Gasteiger partial charge in [-0.2, -0.15) is 0 Å². The van der Waals surface area contributed by atoms with E-state index < -0.39 is 0 Å². The highest BCUT2D eigenvalue weighted by Gasteiger charge is 2.40. The van der Waals surface area contributed by atoms with E-state index in [2.05, 4.69) is 6.92 Å². The third kappa shape index (κ3) is 1.71. The predicted molar refractivity (Wildman–Crippen MR) is 57.1 cm³/mol. The van der Waals surface area contributed by atoms with Gasteiger partial charge in [0.15, 0.2) is 0 Å². The zero-order chi connectivity index (χ0) is 9.54. The van der Waals surface area contributed by atoms with Gasteiger partial charge in [-0.15, -0.1) is 0 Å². The van der Waals surface area contributed by atoms with Crippen LogP contribution < -0.4 is 0 Å². The van der Waals surface area contributed by atoms with Crippen molar-refractivity contribution in [2.24, 2.45) is 23.7 Å². The number of ether oxygens (including phenoxy) is 1.